The fourth-order valence-corrected chi connectivity index (χ4v) is 4.44. The number of methoxy groups -OCH3 is 1. The molecule has 194 valence electrons. The fraction of sp³-hybridized carbons (Fsp3) is 0.207. The highest BCUT2D eigenvalue weighted by Gasteiger charge is 2.21. The molecular formula is C29H28N4O5. The van der Waals surface area contributed by atoms with Crippen LogP contribution in [-0.2, 0) is 16.0 Å². The van der Waals surface area contributed by atoms with Crippen LogP contribution >= 0.6 is 0 Å². The number of hydrogen-bond donors (Lipinski definition) is 1. The van der Waals surface area contributed by atoms with Crippen molar-refractivity contribution >= 4 is 17.4 Å². The van der Waals surface area contributed by atoms with Crippen LogP contribution in [0.5, 0.6) is 0 Å². The number of benzene rings is 3. The van der Waals surface area contributed by atoms with E-state index in [1.165, 1.54) is 47.2 Å². The number of carbonyl (C=O) groups is 1. The Hall–Kier alpha value is -4.79. The van der Waals surface area contributed by atoms with Crippen molar-refractivity contribution in [2.24, 2.45) is 4.99 Å². The van der Waals surface area contributed by atoms with Crippen molar-refractivity contribution in [2.75, 3.05) is 13.7 Å². The summed E-state index contributed by atoms with van der Waals surface area (Å²) in [6.07, 6.45) is 0.573. The molecule has 0 fully saturated rings. The molecule has 0 bridgehead atoms. The van der Waals surface area contributed by atoms with Crippen molar-refractivity contribution in [3.05, 3.63) is 128 Å². The molecular weight excluding hydrogens is 484 g/mol. The molecule has 0 amide bonds. The van der Waals surface area contributed by atoms with E-state index in [2.05, 4.69) is 29.4 Å². The van der Waals surface area contributed by atoms with Crippen LogP contribution in [0.4, 0.5) is 5.69 Å². The number of esters is 1. The Morgan fingerprint density at radius 3 is 2.11 bits per heavy atom. The number of nitro groups is 1. The Bertz CT molecular complexity index is 1450. The molecule has 9 nitrogen and oxygen atoms in total. The summed E-state index contributed by atoms with van der Waals surface area (Å²) >= 11 is 0. The van der Waals surface area contributed by atoms with Crippen LogP contribution in [-0.4, -0.2) is 40.0 Å². The van der Waals surface area contributed by atoms with Gasteiger partial charge in [0.2, 0.25) is 0 Å². The van der Waals surface area contributed by atoms with Crippen molar-refractivity contribution in [2.45, 2.75) is 25.7 Å². The number of non-ortho nitro benzene ring substituents is 1. The van der Waals surface area contributed by atoms with Gasteiger partial charge in [-0.1, -0.05) is 60.7 Å². The van der Waals surface area contributed by atoms with Crippen molar-refractivity contribution < 1.29 is 14.5 Å². The number of H-pyrrole nitrogens is 1. The average molecular weight is 513 g/mol. The van der Waals surface area contributed by atoms with E-state index in [0.717, 1.165) is 6.42 Å². The highest BCUT2D eigenvalue weighted by molar-refractivity contribution is 6.00. The molecule has 0 aliphatic carbocycles. The number of nitrogens with one attached hydrogen (secondary N) is 1. The van der Waals surface area contributed by atoms with E-state index in [0.29, 0.717) is 23.6 Å². The second kappa shape index (κ2) is 12.0. The van der Waals surface area contributed by atoms with Gasteiger partial charge in [-0.15, -0.1) is 0 Å². The van der Waals surface area contributed by atoms with Gasteiger partial charge in [-0.3, -0.25) is 29.8 Å². The Morgan fingerprint density at radius 2 is 1.58 bits per heavy atom. The topological polar surface area (TPSA) is 120 Å². The normalized spacial score (nSPS) is 11.5. The zero-order chi connectivity index (χ0) is 27.1. The smallest absolute Gasteiger partial charge is 0.311 e. The van der Waals surface area contributed by atoms with Gasteiger partial charge in [0.1, 0.15) is 0 Å². The maximum atomic E-state index is 13.4. The van der Waals surface area contributed by atoms with E-state index in [9.17, 15) is 19.7 Å². The average Bonchev–Trinajstić information content (AvgIpc) is 3.27. The predicted octanol–water partition coefficient (Wildman–Crippen LogP) is 4.82. The number of aromatic amines is 1. The van der Waals surface area contributed by atoms with Crippen molar-refractivity contribution in [1.29, 1.82) is 0 Å². The van der Waals surface area contributed by atoms with E-state index in [1.54, 1.807) is 6.92 Å². The molecule has 38 heavy (non-hydrogen) atoms. The zero-order valence-corrected chi connectivity index (χ0v) is 21.2. The summed E-state index contributed by atoms with van der Waals surface area (Å²) in [7, 11) is 1.28. The highest BCUT2D eigenvalue weighted by Crippen LogP contribution is 2.28. The molecule has 1 heterocycles. The molecule has 0 saturated heterocycles. The Morgan fingerprint density at radius 1 is 1.00 bits per heavy atom. The fourth-order valence-electron chi connectivity index (χ4n) is 4.44. The zero-order valence-electron chi connectivity index (χ0n) is 21.2. The van der Waals surface area contributed by atoms with E-state index < -0.39 is 16.5 Å². The van der Waals surface area contributed by atoms with Crippen LogP contribution in [0.3, 0.4) is 0 Å². The first-order chi connectivity index (χ1) is 18.4. The third kappa shape index (κ3) is 5.95. The second-order valence-electron chi connectivity index (χ2n) is 8.76. The standard InChI is InChI=1S/C29H28N4O5/c1-20(30-18-17-25(21-9-5-3-6-10-21)22-11-7-4-8-12-22)28-26(19-27(34)38-2)31-32(29(28)35)23-13-15-24(16-14-23)33(36)37/h3-16,25,31H,17-19H2,1-2H3. The van der Waals surface area contributed by atoms with E-state index in [4.69, 9.17) is 9.73 Å². The van der Waals surface area contributed by atoms with E-state index in [1.807, 2.05) is 36.4 Å². The molecule has 0 unspecified atom stereocenters. The lowest BCUT2D eigenvalue weighted by molar-refractivity contribution is -0.384. The Labute approximate surface area is 219 Å². The predicted molar refractivity (Wildman–Crippen MR) is 145 cm³/mol. The minimum atomic E-state index is -0.510. The molecule has 0 radical (unpaired) electrons. The third-order valence-corrected chi connectivity index (χ3v) is 6.37. The summed E-state index contributed by atoms with van der Waals surface area (Å²) in [6, 6.07) is 26.0. The first kappa shape index (κ1) is 26.3. The van der Waals surface area contributed by atoms with Crippen molar-refractivity contribution in [3.63, 3.8) is 0 Å². The molecule has 4 rings (SSSR count). The first-order valence-electron chi connectivity index (χ1n) is 12.2. The summed E-state index contributed by atoms with van der Waals surface area (Å²) in [5.74, 6) is -0.379. The van der Waals surface area contributed by atoms with Gasteiger partial charge < -0.3 is 4.74 Å². The monoisotopic (exact) mass is 512 g/mol. The molecule has 0 aliphatic rings. The molecule has 1 aromatic heterocycles. The van der Waals surface area contributed by atoms with Gasteiger partial charge in [0.25, 0.3) is 11.2 Å². The largest absolute Gasteiger partial charge is 0.469 e. The lowest BCUT2D eigenvalue weighted by atomic mass is 9.88. The van der Waals surface area contributed by atoms with Gasteiger partial charge >= 0.3 is 5.97 Å². The number of rotatable bonds is 10. The number of aliphatic imine (C=N–C) groups is 1. The van der Waals surface area contributed by atoms with Gasteiger partial charge in [-0.25, -0.2) is 4.68 Å². The number of nitro benzene ring substituents is 1. The minimum Gasteiger partial charge on any atom is -0.469 e. The number of hydrogen-bond acceptors (Lipinski definition) is 6. The Kier molecular flexibility index (Phi) is 8.27. The van der Waals surface area contributed by atoms with Gasteiger partial charge in [-0.05, 0) is 36.6 Å². The lowest BCUT2D eigenvalue weighted by Crippen LogP contribution is -2.20. The quantitative estimate of drug-likeness (QED) is 0.141. The van der Waals surface area contributed by atoms with Gasteiger partial charge in [-0.2, -0.15) is 0 Å². The Balaban J connectivity index is 1.65. The lowest BCUT2D eigenvalue weighted by Gasteiger charge is -2.17. The third-order valence-electron chi connectivity index (χ3n) is 6.37. The molecule has 9 heteroatoms. The number of ether oxygens (including phenoxy) is 1. The maximum absolute atomic E-state index is 13.4. The molecule has 0 aliphatic heterocycles. The van der Waals surface area contributed by atoms with Crippen LogP contribution in [0.2, 0.25) is 0 Å². The highest BCUT2D eigenvalue weighted by atomic mass is 16.6. The SMILES string of the molecule is COC(=O)Cc1[nH]n(-c2ccc([N+](=O)[O-])cc2)c(=O)c1C(C)=NCCC(c1ccccc1)c1ccccc1. The van der Waals surface area contributed by atoms with Gasteiger partial charge in [0, 0.05) is 30.3 Å². The maximum Gasteiger partial charge on any atom is 0.311 e. The first-order valence-corrected chi connectivity index (χ1v) is 12.2. The van der Waals surface area contributed by atoms with Gasteiger partial charge in [0.05, 0.1) is 35.4 Å². The molecule has 4 aromatic rings. The molecule has 1 N–H and O–H groups in total. The van der Waals surface area contributed by atoms with Gasteiger partial charge in [0.15, 0.2) is 0 Å². The second-order valence-corrected chi connectivity index (χ2v) is 8.76. The summed E-state index contributed by atoms with van der Waals surface area (Å²) in [5.41, 5.74) is 3.41. The van der Waals surface area contributed by atoms with Crippen molar-refractivity contribution in [3.8, 4) is 5.69 Å². The molecule has 0 saturated carbocycles. The summed E-state index contributed by atoms with van der Waals surface area (Å²) < 4.78 is 6.07. The summed E-state index contributed by atoms with van der Waals surface area (Å²) in [4.78, 5) is 40.7. The molecule has 0 atom stereocenters. The summed E-state index contributed by atoms with van der Waals surface area (Å²) in [5, 5.41) is 14.0. The minimum absolute atomic E-state index is 0.0903. The van der Waals surface area contributed by atoms with Crippen LogP contribution < -0.4 is 5.56 Å². The van der Waals surface area contributed by atoms with E-state index in [-0.39, 0.29) is 23.6 Å². The van der Waals surface area contributed by atoms with Crippen LogP contribution in [0.1, 0.15) is 41.6 Å². The molecule has 3 aromatic carbocycles. The summed E-state index contributed by atoms with van der Waals surface area (Å²) in [6.45, 7) is 2.20. The number of aromatic nitrogens is 2. The number of nitrogens with zero attached hydrogens (tertiary/aromatic N) is 3. The number of carbonyl (C=O) groups excluding carboxylic acids is 1. The molecule has 0 spiro atoms. The van der Waals surface area contributed by atoms with E-state index >= 15 is 0 Å². The van der Waals surface area contributed by atoms with Crippen molar-refractivity contribution in [1.82, 2.24) is 9.78 Å². The van der Waals surface area contributed by atoms with Crippen LogP contribution in [0.15, 0.2) is 94.7 Å². The van der Waals surface area contributed by atoms with Crippen LogP contribution in [0.25, 0.3) is 5.69 Å². The van der Waals surface area contributed by atoms with Crippen LogP contribution in [0, 0.1) is 10.1 Å².